The number of rotatable bonds is 4. The van der Waals surface area contributed by atoms with Gasteiger partial charge in [0, 0.05) is 24.1 Å². The lowest BCUT2D eigenvalue weighted by atomic mass is 10.2. The van der Waals surface area contributed by atoms with Gasteiger partial charge in [-0.15, -0.1) is 0 Å². The molecule has 0 bridgehead atoms. The van der Waals surface area contributed by atoms with Gasteiger partial charge in [0.15, 0.2) is 4.80 Å². The first-order valence-electron chi connectivity index (χ1n) is 8.57. The van der Waals surface area contributed by atoms with E-state index in [9.17, 15) is 9.59 Å². The standard InChI is InChI=1S/C20H14Cl2N2O4S/c1-27-7-6-24-17-14(22)9-12(21)10-16(17)29-20(24)23-18(25)13-8-11-4-2-3-5-15(11)28-19(13)26/h2-5,8-10H,6-7H2,1H3. The highest BCUT2D eigenvalue weighted by atomic mass is 35.5. The molecule has 0 spiro atoms. The number of nitrogens with zero attached hydrogens (tertiary/aromatic N) is 2. The fourth-order valence-electron chi connectivity index (χ4n) is 2.96. The van der Waals surface area contributed by atoms with Crippen molar-refractivity contribution in [3.05, 3.63) is 73.3 Å². The maximum absolute atomic E-state index is 12.8. The van der Waals surface area contributed by atoms with Gasteiger partial charge in [0.25, 0.3) is 5.91 Å². The van der Waals surface area contributed by atoms with Crippen LogP contribution in [0.5, 0.6) is 0 Å². The molecule has 4 rings (SSSR count). The molecule has 6 nitrogen and oxygen atoms in total. The summed E-state index contributed by atoms with van der Waals surface area (Å²) in [7, 11) is 1.58. The summed E-state index contributed by atoms with van der Waals surface area (Å²) >= 11 is 13.7. The lowest BCUT2D eigenvalue weighted by Gasteiger charge is -2.06. The summed E-state index contributed by atoms with van der Waals surface area (Å²) in [5.41, 5.74) is 0.245. The first kappa shape index (κ1) is 19.8. The van der Waals surface area contributed by atoms with Gasteiger partial charge < -0.3 is 13.7 Å². The largest absolute Gasteiger partial charge is 0.422 e. The van der Waals surface area contributed by atoms with Crippen molar-refractivity contribution in [3.8, 4) is 0 Å². The molecule has 2 aromatic heterocycles. The van der Waals surface area contributed by atoms with E-state index in [-0.39, 0.29) is 5.56 Å². The van der Waals surface area contributed by atoms with Crippen molar-refractivity contribution in [1.29, 1.82) is 0 Å². The van der Waals surface area contributed by atoms with Crippen LogP contribution in [0.25, 0.3) is 21.2 Å². The number of para-hydroxylation sites is 1. The van der Waals surface area contributed by atoms with E-state index in [4.69, 9.17) is 32.4 Å². The topological polar surface area (TPSA) is 73.8 Å². The molecule has 9 heteroatoms. The van der Waals surface area contributed by atoms with Crippen LogP contribution in [-0.2, 0) is 11.3 Å². The number of carbonyl (C=O) groups excluding carboxylic acids is 1. The van der Waals surface area contributed by atoms with Crippen LogP contribution in [0.1, 0.15) is 10.4 Å². The SMILES string of the molecule is COCCn1c(=NC(=O)c2cc3ccccc3oc2=O)sc2cc(Cl)cc(Cl)c21. The van der Waals surface area contributed by atoms with E-state index < -0.39 is 11.5 Å². The number of ether oxygens (including phenoxy) is 1. The third-order valence-electron chi connectivity index (χ3n) is 4.28. The Morgan fingerprint density at radius 3 is 2.83 bits per heavy atom. The van der Waals surface area contributed by atoms with Gasteiger partial charge in [-0.05, 0) is 24.3 Å². The molecule has 0 atom stereocenters. The monoisotopic (exact) mass is 448 g/mol. The molecule has 0 aliphatic rings. The van der Waals surface area contributed by atoms with Crippen LogP contribution in [-0.4, -0.2) is 24.2 Å². The minimum absolute atomic E-state index is 0.136. The second-order valence-electron chi connectivity index (χ2n) is 6.17. The van der Waals surface area contributed by atoms with E-state index in [0.717, 1.165) is 4.70 Å². The molecular formula is C20H14Cl2N2O4S. The Morgan fingerprint density at radius 1 is 1.24 bits per heavy atom. The second kappa shape index (κ2) is 8.12. The van der Waals surface area contributed by atoms with E-state index in [1.807, 2.05) is 0 Å². The van der Waals surface area contributed by atoms with Gasteiger partial charge >= 0.3 is 5.63 Å². The third kappa shape index (κ3) is 3.86. The number of halogens is 2. The van der Waals surface area contributed by atoms with Crippen LogP contribution in [0.3, 0.4) is 0 Å². The van der Waals surface area contributed by atoms with Gasteiger partial charge in [-0.1, -0.05) is 52.7 Å². The fourth-order valence-corrected chi connectivity index (χ4v) is 4.80. The predicted octanol–water partition coefficient (Wildman–Crippen LogP) is 4.50. The number of aromatic nitrogens is 1. The van der Waals surface area contributed by atoms with Crippen LogP contribution < -0.4 is 10.4 Å². The third-order valence-corrected chi connectivity index (χ3v) is 5.82. The summed E-state index contributed by atoms with van der Waals surface area (Å²) < 4.78 is 13.0. The minimum Gasteiger partial charge on any atom is -0.422 e. The van der Waals surface area contributed by atoms with Crippen LogP contribution in [0.2, 0.25) is 10.0 Å². The predicted molar refractivity (Wildman–Crippen MR) is 114 cm³/mol. The Balaban J connectivity index is 1.89. The Bertz CT molecular complexity index is 1370. The molecule has 2 heterocycles. The van der Waals surface area contributed by atoms with E-state index in [2.05, 4.69) is 4.99 Å². The molecule has 0 N–H and O–H groups in total. The number of fused-ring (bicyclic) bond motifs is 2. The Kier molecular flexibility index (Phi) is 5.56. The molecule has 0 unspecified atom stereocenters. The lowest BCUT2D eigenvalue weighted by Crippen LogP contribution is -2.21. The molecule has 0 aliphatic carbocycles. The van der Waals surface area contributed by atoms with E-state index in [1.165, 1.54) is 17.4 Å². The van der Waals surface area contributed by atoms with Crippen molar-refractivity contribution in [2.45, 2.75) is 6.54 Å². The van der Waals surface area contributed by atoms with Gasteiger partial charge in [-0.2, -0.15) is 4.99 Å². The number of hydrogen-bond donors (Lipinski definition) is 0. The number of hydrogen-bond acceptors (Lipinski definition) is 5. The summed E-state index contributed by atoms with van der Waals surface area (Å²) in [6.07, 6.45) is 0. The molecule has 0 saturated carbocycles. The van der Waals surface area contributed by atoms with Crippen molar-refractivity contribution in [2.24, 2.45) is 4.99 Å². The highest BCUT2D eigenvalue weighted by Gasteiger charge is 2.16. The maximum Gasteiger partial charge on any atom is 0.349 e. The van der Waals surface area contributed by atoms with Crippen LogP contribution in [0.4, 0.5) is 0 Å². The van der Waals surface area contributed by atoms with E-state index in [0.29, 0.717) is 44.5 Å². The van der Waals surface area contributed by atoms with Crippen molar-refractivity contribution in [2.75, 3.05) is 13.7 Å². The highest BCUT2D eigenvalue weighted by molar-refractivity contribution is 7.16. The summed E-state index contributed by atoms with van der Waals surface area (Å²) in [4.78, 5) is 29.7. The van der Waals surface area contributed by atoms with Crippen molar-refractivity contribution in [3.63, 3.8) is 0 Å². The normalized spacial score (nSPS) is 12.2. The number of thiazole rings is 1. The van der Waals surface area contributed by atoms with Crippen LogP contribution >= 0.6 is 34.5 Å². The number of benzene rings is 2. The summed E-state index contributed by atoms with van der Waals surface area (Å²) in [6.45, 7) is 0.820. The average Bonchev–Trinajstić information content (AvgIpc) is 3.02. The lowest BCUT2D eigenvalue weighted by molar-refractivity contribution is 0.0994. The Morgan fingerprint density at radius 2 is 2.03 bits per heavy atom. The second-order valence-corrected chi connectivity index (χ2v) is 8.02. The zero-order chi connectivity index (χ0) is 20.5. The molecule has 29 heavy (non-hydrogen) atoms. The minimum atomic E-state index is -0.733. The van der Waals surface area contributed by atoms with Crippen molar-refractivity contribution < 1.29 is 13.9 Å². The molecule has 0 fully saturated rings. The van der Waals surface area contributed by atoms with Gasteiger partial charge in [0.1, 0.15) is 11.1 Å². The van der Waals surface area contributed by atoms with Crippen LogP contribution in [0.15, 0.2) is 56.7 Å². The zero-order valence-corrected chi connectivity index (χ0v) is 17.5. The summed E-state index contributed by atoms with van der Waals surface area (Å²) in [5.74, 6) is -0.690. The average molecular weight is 449 g/mol. The smallest absolute Gasteiger partial charge is 0.349 e. The molecule has 0 aliphatic heterocycles. The molecule has 2 aromatic carbocycles. The molecule has 4 aromatic rings. The van der Waals surface area contributed by atoms with E-state index >= 15 is 0 Å². The van der Waals surface area contributed by atoms with Crippen molar-refractivity contribution in [1.82, 2.24) is 4.57 Å². The Hall–Kier alpha value is -2.45. The fraction of sp³-hybridized carbons (Fsp3) is 0.150. The maximum atomic E-state index is 12.8. The number of carbonyl (C=O) groups is 1. The summed E-state index contributed by atoms with van der Waals surface area (Å²) in [6, 6.07) is 11.8. The van der Waals surface area contributed by atoms with Gasteiger partial charge in [0.05, 0.1) is 21.8 Å². The molecule has 1 amide bonds. The molecule has 148 valence electrons. The number of amides is 1. The Labute approximate surface area is 178 Å². The molecular weight excluding hydrogens is 435 g/mol. The highest BCUT2D eigenvalue weighted by Crippen LogP contribution is 2.29. The number of methoxy groups -OCH3 is 1. The van der Waals surface area contributed by atoms with Gasteiger partial charge in [-0.3, -0.25) is 4.79 Å². The zero-order valence-electron chi connectivity index (χ0n) is 15.1. The van der Waals surface area contributed by atoms with Crippen LogP contribution in [0, 0.1) is 0 Å². The van der Waals surface area contributed by atoms with Gasteiger partial charge in [0.2, 0.25) is 0 Å². The van der Waals surface area contributed by atoms with Crippen molar-refractivity contribution >= 4 is 61.6 Å². The van der Waals surface area contributed by atoms with Gasteiger partial charge in [-0.25, -0.2) is 4.79 Å². The molecule has 0 saturated heterocycles. The first-order valence-corrected chi connectivity index (χ1v) is 10.1. The first-order chi connectivity index (χ1) is 14.0. The molecule has 0 radical (unpaired) electrons. The summed E-state index contributed by atoms with van der Waals surface area (Å²) in [5, 5.41) is 1.57. The van der Waals surface area contributed by atoms with E-state index in [1.54, 1.807) is 48.1 Å². The quantitative estimate of drug-likeness (QED) is 0.430.